The molecule has 0 N–H and O–H groups in total. The van der Waals surface area contributed by atoms with E-state index in [1.54, 1.807) is 0 Å². The molecule has 0 heterocycles. The van der Waals surface area contributed by atoms with E-state index < -0.39 is 0 Å². The molecule has 0 saturated carbocycles. The lowest BCUT2D eigenvalue weighted by Crippen LogP contribution is -2.46. The largest absolute Gasteiger partial charge is 0.0683 e. The molecule has 0 atom stereocenters. The third kappa shape index (κ3) is 43.5. The van der Waals surface area contributed by atoms with Gasteiger partial charge in [0.25, 0.3) is 0 Å². The minimum absolute atomic E-state index is 0.0895. The lowest BCUT2D eigenvalue weighted by molar-refractivity contribution is -0.0401. The molecule has 2 aromatic carbocycles. The highest BCUT2D eigenvalue weighted by molar-refractivity contribution is 5.22. The lowest BCUT2D eigenvalue weighted by atomic mass is 9.49. The molecule has 0 saturated heterocycles. The molecule has 0 aliphatic rings. The summed E-state index contributed by atoms with van der Waals surface area (Å²) in [7, 11) is 0. The van der Waals surface area contributed by atoms with Crippen molar-refractivity contribution in [3.63, 3.8) is 0 Å². The monoisotopic (exact) mass is 913 g/mol. The summed E-state index contributed by atoms with van der Waals surface area (Å²) in [6.07, 6.45) is 12.3. The zero-order valence-electron chi connectivity index (χ0n) is 52.3. The van der Waals surface area contributed by atoms with Crippen molar-refractivity contribution < 1.29 is 0 Å². The highest BCUT2D eigenvalue weighted by atomic mass is 14.6. The molecular weight excluding hydrogens is 781 g/mol. The Morgan fingerprint density at radius 3 is 0.508 bits per heavy atom. The van der Waals surface area contributed by atoms with Crippen LogP contribution in [-0.2, 0) is 12.8 Å². The van der Waals surface area contributed by atoms with E-state index in [9.17, 15) is 0 Å². The summed E-state index contributed by atoms with van der Waals surface area (Å²) in [5.41, 5.74) is 4.93. The van der Waals surface area contributed by atoms with Gasteiger partial charge in [-0.15, -0.1) is 0 Å². The minimum Gasteiger partial charge on any atom is -0.0683 e. The number of hydrogen-bond acceptors (Lipinski definition) is 0. The highest BCUT2D eigenvalue weighted by Crippen LogP contribution is 2.61. The van der Waals surface area contributed by atoms with Crippen molar-refractivity contribution in [3.05, 3.63) is 71.8 Å². The maximum Gasteiger partial charge on any atom is -0.0206 e. The van der Waals surface area contributed by atoms with E-state index in [4.69, 9.17) is 0 Å². The Balaban J connectivity index is -0.000000377. The van der Waals surface area contributed by atoms with Gasteiger partial charge in [-0.25, -0.2) is 0 Å². The van der Waals surface area contributed by atoms with Crippen LogP contribution in [0.5, 0.6) is 0 Å². The van der Waals surface area contributed by atoms with Gasteiger partial charge < -0.3 is 0 Å². The van der Waals surface area contributed by atoms with Crippen LogP contribution in [-0.4, -0.2) is 0 Å². The number of rotatable bonds is 14. The van der Waals surface area contributed by atoms with E-state index in [1.165, 1.54) is 62.5 Å². The van der Waals surface area contributed by atoms with Gasteiger partial charge in [0.2, 0.25) is 0 Å². The zero-order valence-corrected chi connectivity index (χ0v) is 52.3. The summed E-state index contributed by atoms with van der Waals surface area (Å²) in [6.45, 7) is 77.1. The first-order valence-electron chi connectivity index (χ1n) is 27.9. The third-order valence-electron chi connectivity index (χ3n) is 9.78. The fourth-order valence-corrected chi connectivity index (χ4v) is 11.5. The molecule has 0 amide bonds. The first kappa shape index (κ1) is 77.6. The Bertz CT molecular complexity index is 1050. The molecule has 392 valence electrons. The van der Waals surface area contributed by atoms with Gasteiger partial charge in [-0.05, 0) is 124 Å². The summed E-state index contributed by atoms with van der Waals surface area (Å²) in [6, 6.07) is 23.2. The molecule has 0 radical (unpaired) electrons. The van der Waals surface area contributed by atoms with Gasteiger partial charge in [0.05, 0.1) is 0 Å². The lowest BCUT2D eigenvalue weighted by Gasteiger charge is -2.55. The number of benzene rings is 2. The fraction of sp³-hybridized carbons (Fsp3) is 0.815. The van der Waals surface area contributed by atoms with Crippen LogP contribution in [0.1, 0.15) is 298 Å². The first-order valence-corrected chi connectivity index (χ1v) is 27.9. The quantitative estimate of drug-likeness (QED) is 0.177. The van der Waals surface area contributed by atoms with Gasteiger partial charge in [0.15, 0.2) is 0 Å². The molecule has 0 aliphatic heterocycles. The summed E-state index contributed by atoms with van der Waals surface area (Å²) in [4.78, 5) is 0. The van der Waals surface area contributed by atoms with Crippen LogP contribution < -0.4 is 0 Å². The normalized spacial score (nSPS) is 11.8. The molecule has 2 aromatic rings. The van der Waals surface area contributed by atoms with Crippen LogP contribution >= 0.6 is 0 Å². The molecule has 0 spiro atoms. The molecule has 0 aliphatic carbocycles. The second kappa shape index (κ2) is 38.3. The van der Waals surface area contributed by atoms with E-state index >= 15 is 0 Å². The topological polar surface area (TPSA) is 0 Å². The molecule has 0 unspecified atom stereocenters. The maximum absolute atomic E-state index is 2.51. The van der Waals surface area contributed by atoms with Gasteiger partial charge in [-0.1, -0.05) is 296 Å². The highest BCUT2D eigenvalue weighted by Gasteiger charge is 2.51. The SMILES string of the molecule is CC.CC.CC.CC.CC.CC.CC.CC.CC(C)(C)CC(CC(C)(C)C)(CC(C)(C)C)CC(Cc1ccccc1)(Cc1ccccc1)CC(CC(C)(C)C)(CC(C)(C)C)CC(C)(C)C. The van der Waals surface area contributed by atoms with Crippen molar-refractivity contribution in [3.8, 4) is 0 Å². The van der Waals surface area contributed by atoms with Crippen LogP contribution in [0.3, 0.4) is 0 Å². The molecule has 0 bridgehead atoms. The third-order valence-corrected chi connectivity index (χ3v) is 9.78. The Labute approximate surface area is 418 Å². The van der Waals surface area contributed by atoms with Crippen molar-refractivity contribution in [2.45, 2.75) is 300 Å². The fourth-order valence-electron chi connectivity index (χ4n) is 11.5. The Morgan fingerprint density at radius 1 is 0.215 bits per heavy atom. The Kier molecular flexibility index (Phi) is 45.8. The van der Waals surface area contributed by atoms with Crippen LogP contribution in [0.2, 0.25) is 0 Å². The van der Waals surface area contributed by atoms with E-state index in [-0.39, 0.29) is 48.7 Å². The maximum atomic E-state index is 2.51. The van der Waals surface area contributed by atoms with E-state index in [0.717, 1.165) is 12.8 Å². The Hall–Kier alpha value is -1.56. The predicted molar refractivity (Wildman–Crippen MR) is 312 cm³/mol. The first-order chi connectivity index (χ1) is 29.8. The molecule has 0 aromatic heterocycles. The summed E-state index contributed by atoms with van der Waals surface area (Å²) in [5.74, 6) is 0. The van der Waals surface area contributed by atoms with Gasteiger partial charge in [-0.3, -0.25) is 0 Å². The van der Waals surface area contributed by atoms with E-state index in [1.807, 2.05) is 111 Å². The van der Waals surface area contributed by atoms with Crippen molar-refractivity contribution in [2.24, 2.45) is 48.7 Å². The standard InChI is InChI=1S/C49H84.8C2H6/c1-41(2,3)31-48(32-42(4,5)6,33-43(7,8)9)37-47(29-39-25-21-19-22-26-39,30-40-27-23-20-24-28-40)38-49(34-44(10,11)12,35-45(13,14)15)36-46(16,17)18;8*1-2/h19-28H,29-38H2,1-18H3;8*1-2H3. The average Bonchev–Trinajstić information content (AvgIpc) is 3.17. The van der Waals surface area contributed by atoms with Crippen LogP contribution in [0.4, 0.5) is 0 Å². The van der Waals surface area contributed by atoms with Crippen LogP contribution in [0.15, 0.2) is 60.7 Å². The zero-order chi connectivity index (χ0) is 53.8. The summed E-state index contributed by atoms with van der Waals surface area (Å²) in [5, 5.41) is 0. The van der Waals surface area contributed by atoms with Crippen molar-refractivity contribution in [2.75, 3.05) is 0 Å². The average molecular weight is 914 g/mol. The number of hydrogen-bond donors (Lipinski definition) is 0. The van der Waals surface area contributed by atoms with Crippen LogP contribution in [0.25, 0.3) is 0 Å². The second-order valence-corrected chi connectivity index (χ2v) is 24.6. The van der Waals surface area contributed by atoms with Crippen molar-refractivity contribution >= 4 is 0 Å². The van der Waals surface area contributed by atoms with E-state index in [0.29, 0.717) is 0 Å². The summed E-state index contributed by atoms with van der Waals surface area (Å²) >= 11 is 0. The summed E-state index contributed by atoms with van der Waals surface area (Å²) < 4.78 is 0. The molecule has 0 nitrogen and oxygen atoms in total. The van der Waals surface area contributed by atoms with Gasteiger partial charge in [0.1, 0.15) is 0 Å². The Morgan fingerprint density at radius 2 is 0.369 bits per heavy atom. The second-order valence-electron chi connectivity index (χ2n) is 24.6. The molecule has 2 rings (SSSR count). The van der Waals surface area contributed by atoms with Gasteiger partial charge >= 0.3 is 0 Å². The van der Waals surface area contributed by atoms with Crippen molar-refractivity contribution in [1.82, 2.24) is 0 Å². The molecule has 0 fully saturated rings. The van der Waals surface area contributed by atoms with Crippen LogP contribution in [0, 0.1) is 48.7 Å². The molecule has 0 heteroatoms. The van der Waals surface area contributed by atoms with Gasteiger partial charge in [-0.2, -0.15) is 0 Å². The molecule has 65 heavy (non-hydrogen) atoms. The van der Waals surface area contributed by atoms with Gasteiger partial charge in [0, 0.05) is 0 Å². The molecular formula is C65H132. The van der Waals surface area contributed by atoms with Crippen molar-refractivity contribution in [1.29, 1.82) is 0 Å². The van der Waals surface area contributed by atoms with E-state index in [2.05, 4.69) is 185 Å². The smallest absolute Gasteiger partial charge is 0.0206 e. The predicted octanol–water partition coefficient (Wildman–Crippen LogP) is 24.0. The minimum atomic E-state index is 0.0895.